The highest BCUT2D eigenvalue weighted by Crippen LogP contribution is 2.59. The molecule has 1 aliphatic rings. The Balaban J connectivity index is 3.07. The number of halogens is 1. The van der Waals surface area contributed by atoms with Crippen molar-refractivity contribution in [3.05, 3.63) is 0 Å². The van der Waals surface area contributed by atoms with E-state index in [9.17, 15) is 14.3 Å². The van der Waals surface area contributed by atoms with E-state index in [1.54, 1.807) is 0 Å². The van der Waals surface area contributed by atoms with Crippen molar-refractivity contribution in [3.63, 3.8) is 0 Å². The molecule has 1 rings (SSSR count). The summed E-state index contributed by atoms with van der Waals surface area (Å²) in [5.74, 6) is -2.57. The fourth-order valence-corrected chi connectivity index (χ4v) is 2.97. The number of carbonyl (C=O) groups is 1. The Morgan fingerprint density at radius 2 is 2.00 bits per heavy atom. The molecular weight excluding hydrogens is 215 g/mol. The molecule has 2 unspecified atom stereocenters. The molecule has 16 heavy (non-hydrogen) atoms. The van der Waals surface area contributed by atoms with Crippen molar-refractivity contribution < 1.29 is 23.8 Å². The zero-order chi connectivity index (χ0) is 12.6. The summed E-state index contributed by atoms with van der Waals surface area (Å²) in [5.41, 5.74) is -1.36. The van der Waals surface area contributed by atoms with Gasteiger partial charge >= 0.3 is 5.97 Å². The van der Waals surface area contributed by atoms with Crippen LogP contribution in [0.3, 0.4) is 0 Å². The summed E-state index contributed by atoms with van der Waals surface area (Å²) in [6.07, 6.45) is 0.0572. The molecule has 0 aromatic heterocycles. The van der Waals surface area contributed by atoms with Crippen molar-refractivity contribution in [1.82, 2.24) is 0 Å². The maximum absolute atomic E-state index is 13.1. The van der Waals surface area contributed by atoms with Crippen molar-refractivity contribution in [2.24, 2.45) is 17.3 Å². The Kier molecular flexibility index (Phi) is 3.59. The number of rotatable bonds is 5. The van der Waals surface area contributed by atoms with Crippen LogP contribution in [0.4, 0.5) is 4.39 Å². The molecule has 0 aromatic rings. The monoisotopic (exact) mass is 234 g/mol. The number of carboxylic acids is 1. The van der Waals surface area contributed by atoms with Crippen LogP contribution in [0.25, 0.3) is 0 Å². The van der Waals surface area contributed by atoms with Gasteiger partial charge in [-0.25, -0.2) is 4.39 Å². The summed E-state index contributed by atoms with van der Waals surface area (Å²) in [5, 5.41) is 9.18. The second-order valence-electron chi connectivity index (χ2n) is 4.71. The molecular formula is C11H19FO4. The summed E-state index contributed by atoms with van der Waals surface area (Å²) in [6.45, 7) is 2.81. The molecule has 0 bridgehead atoms. The molecule has 4 nitrogen and oxygen atoms in total. The summed E-state index contributed by atoms with van der Waals surface area (Å²) < 4.78 is 23.6. The molecule has 1 saturated carbocycles. The van der Waals surface area contributed by atoms with Crippen LogP contribution in [-0.2, 0) is 14.3 Å². The van der Waals surface area contributed by atoms with Crippen LogP contribution in [0, 0.1) is 17.3 Å². The highest BCUT2D eigenvalue weighted by molar-refractivity contribution is 5.77. The predicted molar refractivity (Wildman–Crippen MR) is 55.7 cm³/mol. The lowest BCUT2D eigenvalue weighted by Gasteiger charge is -2.59. The minimum absolute atomic E-state index is 0.0273. The Hall–Kier alpha value is -0.680. The normalized spacial score (nSPS) is 32.5. The third-order valence-corrected chi connectivity index (χ3v) is 3.65. The zero-order valence-electron chi connectivity index (χ0n) is 10.1. The molecule has 2 atom stereocenters. The highest BCUT2D eigenvalue weighted by Gasteiger charge is 2.69. The van der Waals surface area contributed by atoms with E-state index in [2.05, 4.69) is 0 Å². The Morgan fingerprint density at radius 3 is 2.25 bits per heavy atom. The summed E-state index contributed by atoms with van der Waals surface area (Å²) >= 11 is 0. The minimum Gasteiger partial charge on any atom is -0.481 e. The highest BCUT2D eigenvalue weighted by atomic mass is 19.1. The van der Waals surface area contributed by atoms with Crippen LogP contribution in [0.2, 0.25) is 0 Å². The second-order valence-corrected chi connectivity index (χ2v) is 4.71. The molecule has 0 saturated heterocycles. The molecule has 0 heterocycles. The zero-order valence-corrected chi connectivity index (χ0v) is 10.1. The van der Waals surface area contributed by atoms with Crippen molar-refractivity contribution in [2.45, 2.75) is 26.1 Å². The largest absolute Gasteiger partial charge is 0.481 e. The molecule has 0 radical (unpaired) electrons. The first-order chi connectivity index (χ1) is 7.40. The van der Waals surface area contributed by atoms with E-state index in [1.165, 1.54) is 14.2 Å². The molecule has 1 fully saturated rings. The Labute approximate surface area is 94.7 Å². The van der Waals surface area contributed by atoms with E-state index in [0.29, 0.717) is 0 Å². The van der Waals surface area contributed by atoms with Crippen LogP contribution in [0.1, 0.15) is 20.3 Å². The lowest BCUT2D eigenvalue weighted by atomic mass is 9.52. The first-order valence-corrected chi connectivity index (χ1v) is 5.30. The third kappa shape index (κ3) is 1.53. The number of methoxy groups -OCH3 is 2. The van der Waals surface area contributed by atoms with Crippen molar-refractivity contribution in [1.29, 1.82) is 0 Å². The van der Waals surface area contributed by atoms with Gasteiger partial charge in [-0.2, -0.15) is 0 Å². The summed E-state index contributed by atoms with van der Waals surface area (Å²) in [4.78, 5) is 11.2. The Bertz CT molecular complexity index is 275. The van der Waals surface area contributed by atoms with Gasteiger partial charge in [0.1, 0.15) is 12.1 Å². The van der Waals surface area contributed by atoms with Crippen LogP contribution in [0.5, 0.6) is 0 Å². The number of hydrogen-bond donors (Lipinski definition) is 1. The van der Waals surface area contributed by atoms with E-state index in [1.807, 2.05) is 13.8 Å². The van der Waals surface area contributed by atoms with Gasteiger partial charge in [-0.15, -0.1) is 0 Å². The van der Waals surface area contributed by atoms with Crippen LogP contribution in [-0.4, -0.2) is 37.8 Å². The smallest absolute Gasteiger partial charge is 0.313 e. The van der Waals surface area contributed by atoms with Crippen molar-refractivity contribution in [2.75, 3.05) is 20.9 Å². The van der Waals surface area contributed by atoms with Crippen molar-refractivity contribution >= 4 is 5.97 Å². The number of carboxylic acid groups (broad SMARTS) is 1. The van der Waals surface area contributed by atoms with Gasteiger partial charge in [0.15, 0.2) is 5.79 Å². The number of alkyl halides is 1. The SMILES string of the molecule is COC1(OC)CC(CF)(C(=O)O)C1C(C)C. The molecule has 5 heteroatoms. The van der Waals surface area contributed by atoms with E-state index >= 15 is 0 Å². The van der Waals surface area contributed by atoms with Gasteiger partial charge < -0.3 is 14.6 Å². The van der Waals surface area contributed by atoms with Gasteiger partial charge in [0.25, 0.3) is 0 Å². The lowest BCUT2D eigenvalue weighted by molar-refractivity contribution is -0.346. The van der Waals surface area contributed by atoms with E-state index in [-0.39, 0.29) is 12.3 Å². The number of aliphatic carboxylic acids is 1. The quantitative estimate of drug-likeness (QED) is 0.735. The molecule has 0 spiro atoms. The standard InChI is InChI=1S/C11H19FO4/c1-7(2)8-10(6-12,9(13)14)5-11(8,15-3)16-4/h7-8H,5-6H2,1-4H3,(H,13,14). The van der Waals surface area contributed by atoms with Crippen LogP contribution >= 0.6 is 0 Å². The third-order valence-electron chi connectivity index (χ3n) is 3.65. The molecule has 1 aliphatic carbocycles. The first kappa shape index (κ1) is 13.4. The van der Waals surface area contributed by atoms with E-state index < -0.39 is 29.8 Å². The molecule has 94 valence electrons. The van der Waals surface area contributed by atoms with Gasteiger partial charge in [0.2, 0.25) is 0 Å². The predicted octanol–water partition coefficient (Wildman–Crippen LogP) is 1.69. The number of ether oxygens (including phenoxy) is 2. The molecule has 1 N–H and O–H groups in total. The number of hydrogen-bond acceptors (Lipinski definition) is 3. The average molecular weight is 234 g/mol. The van der Waals surface area contributed by atoms with Gasteiger partial charge in [-0.3, -0.25) is 4.79 Å². The maximum atomic E-state index is 13.1. The van der Waals surface area contributed by atoms with Crippen LogP contribution < -0.4 is 0 Å². The minimum atomic E-state index is -1.36. The van der Waals surface area contributed by atoms with Crippen LogP contribution in [0.15, 0.2) is 0 Å². The van der Waals surface area contributed by atoms with E-state index in [0.717, 1.165) is 0 Å². The van der Waals surface area contributed by atoms with E-state index in [4.69, 9.17) is 9.47 Å². The fourth-order valence-electron chi connectivity index (χ4n) is 2.97. The topological polar surface area (TPSA) is 55.8 Å². The Morgan fingerprint density at radius 1 is 1.50 bits per heavy atom. The molecule has 0 amide bonds. The molecule has 0 aromatic carbocycles. The summed E-state index contributed by atoms with van der Waals surface area (Å²) in [6, 6.07) is 0. The average Bonchev–Trinajstić information content (AvgIpc) is 2.18. The van der Waals surface area contributed by atoms with Gasteiger partial charge in [-0.05, 0) is 5.92 Å². The fraction of sp³-hybridized carbons (Fsp3) is 0.909. The maximum Gasteiger partial charge on any atom is 0.313 e. The summed E-state index contributed by atoms with van der Waals surface area (Å²) in [7, 11) is 2.92. The van der Waals surface area contributed by atoms with Gasteiger partial charge in [-0.1, -0.05) is 13.8 Å². The van der Waals surface area contributed by atoms with Crippen molar-refractivity contribution in [3.8, 4) is 0 Å². The lowest BCUT2D eigenvalue weighted by Crippen LogP contribution is -2.69. The molecule has 0 aliphatic heterocycles. The second kappa shape index (κ2) is 4.30. The first-order valence-electron chi connectivity index (χ1n) is 5.30. The van der Waals surface area contributed by atoms with Gasteiger partial charge in [0.05, 0.1) is 0 Å². The van der Waals surface area contributed by atoms with Gasteiger partial charge in [0, 0.05) is 26.6 Å².